The van der Waals surface area contributed by atoms with Crippen LogP contribution in [0.15, 0.2) is 29.9 Å². The smallest absolute Gasteiger partial charge is 0.345 e. The summed E-state index contributed by atoms with van der Waals surface area (Å²) in [4.78, 5) is 24.5. The number of piperidine rings is 1. The van der Waals surface area contributed by atoms with Crippen molar-refractivity contribution in [3.8, 4) is 6.01 Å². The molecule has 25 heavy (non-hydrogen) atoms. The Hall–Kier alpha value is -2.28. The molecule has 2 aromatic heterocycles. The van der Waals surface area contributed by atoms with Crippen molar-refractivity contribution in [3.05, 3.63) is 35.5 Å². The van der Waals surface area contributed by atoms with E-state index in [9.17, 15) is 0 Å². The van der Waals surface area contributed by atoms with E-state index in [1.54, 1.807) is 24.8 Å². The number of aromatic nitrogens is 4. The summed E-state index contributed by atoms with van der Waals surface area (Å²) in [6, 6.07) is 2.70. The van der Waals surface area contributed by atoms with Crippen molar-refractivity contribution in [1.82, 2.24) is 19.9 Å². The molecule has 2 fully saturated rings. The van der Waals surface area contributed by atoms with Crippen LogP contribution in [-0.4, -0.2) is 37.7 Å². The third-order valence-electron chi connectivity index (χ3n) is 4.78. The molecule has 2 saturated heterocycles. The standard InChI is InChI=1S/C17H19ClN6O/c1-2-14-15(18)16(22-10-21-14)24-12-4-5-13(24)9-11(8-12)23-25-17-19-6-3-7-20-17/h3,6-7,10,12-13H,2,4-5,8-9H2,1H3/t12-,13-/m0/s1. The highest BCUT2D eigenvalue weighted by molar-refractivity contribution is 6.33. The molecule has 130 valence electrons. The average Bonchev–Trinajstić information content (AvgIpc) is 2.91. The number of rotatable bonds is 4. The van der Waals surface area contributed by atoms with Gasteiger partial charge in [0.15, 0.2) is 5.82 Å². The second-order valence-corrected chi connectivity index (χ2v) is 6.67. The van der Waals surface area contributed by atoms with Crippen LogP contribution in [0.4, 0.5) is 5.82 Å². The summed E-state index contributed by atoms with van der Waals surface area (Å²) in [5.74, 6) is 0.854. The van der Waals surface area contributed by atoms with E-state index in [-0.39, 0.29) is 6.01 Å². The van der Waals surface area contributed by atoms with Gasteiger partial charge in [0.25, 0.3) is 0 Å². The summed E-state index contributed by atoms with van der Waals surface area (Å²) in [5, 5.41) is 4.95. The maximum atomic E-state index is 6.54. The molecule has 2 aliphatic heterocycles. The molecule has 0 saturated carbocycles. The molecule has 2 atom stereocenters. The predicted molar refractivity (Wildman–Crippen MR) is 95.0 cm³/mol. The Morgan fingerprint density at radius 3 is 2.56 bits per heavy atom. The van der Waals surface area contributed by atoms with Crippen LogP contribution in [0.1, 0.15) is 38.3 Å². The molecule has 0 N–H and O–H groups in total. The molecule has 0 amide bonds. The molecule has 4 rings (SSSR count). The van der Waals surface area contributed by atoms with E-state index < -0.39 is 0 Å². The molecule has 2 bridgehead atoms. The minimum absolute atomic E-state index is 0.274. The summed E-state index contributed by atoms with van der Waals surface area (Å²) in [6.45, 7) is 2.05. The zero-order valence-electron chi connectivity index (χ0n) is 14.0. The Kier molecular flexibility index (Phi) is 4.48. The van der Waals surface area contributed by atoms with Gasteiger partial charge in [-0.1, -0.05) is 23.7 Å². The lowest BCUT2D eigenvalue weighted by atomic mass is 10.0. The van der Waals surface area contributed by atoms with Crippen LogP contribution in [0.5, 0.6) is 6.01 Å². The fraction of sp³-hybridized carbons (Fsp3) is 0.471. The number of aryl methyl sites for hydroxylation is 1. The van der Waals surface area contributed by atoms with Crippen molar-refractivity contribution in [3.63, 3.8) is 0 Å². The largest absolute Gasteiger partial charge is 0.349 e. The van der Waals surface area contributed by atoms with Gasteiger partial charge in [0, 0.05) is 37.3 Å². The van der Waals surface area contributed by atoms with Crippen LogP contribution in [0, 0.1) is 0 Å². The van der Waals surface area contributed by atoms with Crippen LogP contribution in [0.3, 0.4) is 0 Å². The van der Waals surface area contributed by atoms with Gasteiger partial charge in [-0.05, 0) is 25.3 Å². The molecule has 7 nitrogen and oxygen atoms in total. The van der Waals surface area contributed by atoms with E-state index in [0.717, 1.165) is 49.3 Å². The maximum Gasteiger partial charge on any atom is 0.345 e. The van der Waals surface area contributed by atoms with Gasteiger partial charge in [-0.3, -0.25) is 0 Å². The number of oxime groups is 1. The molecule has 0 unspecified atom stereocenters. The van der Waals surface area contributed by atoms with E-state index in [1.807, 2.05) is 0 Å². The summed E-state index contributed by atoms with van der Waals surface area (Å²) < 4.78 is 0. The number of hydrogen-bond acceptors (Lipinski definition) is 7. The van der Waals surface area contributed by atoms with Crippen molar-refractivity contribution < 1.29 is 4.84 Å². The lowest BCUT2D eigenvalue weighted by molar-refractivity contribution is 0.308. The van der Waals surface area contributed by atoms with Crippen LogP contribution < -0.4 is 9.74 Å². The SMILES string of the molecule is CCc1ncnc(N2[C@H]3CC[C@H]2CC(=NOc2ncccn2)C3)c1Cl. The van der Waals surface area contributed by atoms with Gasteiger partial charge in [0.1, 0.15) is 11.3 Å². The Balaban J connectivity index is 1.53. The first-order valence-electron chi connectivity index (χ1n) is 8.53. The molecule has 0 spiro atoms. The topological polar surface area (TPSA) is 76.4 Å². The quantitative estimate of drug-likeness (QED) is 0.782. The minimum Gasteiger partial charge on any atom is -0.349 e. The van der Waals surface area contributed by atoms with E-state index in [0.29, 0.717) is 17.1 Å². The van der Waals surface area contributed by atoms with Crippen LogP contribution in [-0.2, 0) is 6.42 Å². The lowest BCUT2D eigenvalue weighted by Crippen LogP contribution is -2.44. The second-order valence-electron chi connectivity index (χ2n) is 6.29. The highest BCUT2D eigenvalue weighted by Gasteiger charge is 2.41. The number of halogens is 1. The minimum atomic E-state index is 0.274. The molecule has 0 aliphatic carbocycles. The third-order valence-corrected chi connectivity index (χ3v) is 5.17. The normalized spacial score (nSPS) is 22.2. The molecule has 4 heterocycles. The van der Waals surface area contributed by atoms with Crippen LogP contribution in [0.2, 0.25) is 5.02 Å². The second kappa shape index (κ2) is 6.92. The van der Waals surface area contributed by atoms with Crippen LogP contribution in [0.25, 0.3) is 0 Å². The van der Waals surface area contributed by atoms with Crippen molar-refractivity contribution in [1.29, 1.82) is 0 Å². The fourth-order valence-corrected chi connectivity index (χ4v) is 4.00. The summed E-state index contributed by atoms with van der Waals surface area (Å²) >= 11 is 6.54. The molecule has 2 aliphatic rings. The van der Waals surface area contributed by atoms with Crippen molar-refractivity contribution in [2.75, 3.05) is 4.90 Å². The third kappa shape index (κ3) is 3.16. The van der Waals surface area contributed by atoms with Gasteiger partial charge in [0.2, 0.25) is 0 Å². The summed E-state index contributed by atoms with van der Waals surface area (Å²) in [6.07, 6.45) is 9.57. The summed E-state index contributed by atoms with van der Waals surface area (Å²) in [5.41, 5.74) is 1.94. The molecule has 0 radical (unpaired) electrons. The highest BCUT2D eigenvalue weighted by atomic mass is 35.5. The first-order valence-corrected chi connectivity index (χ1v) is 8.91. The van der Waals surface area contributed by atoms with Crippen molar-refractivity contribution in [2.24, 2.45) is 5.16 Å². The van der Waals surface area contributed by atoms with Crippen molar-refractivity contribution >= 4 is 23.1 Å². The molecule has 2 aromatic rings. The Labute approximate surface area is 151 Å². The average molecular weight is 359 g/mol. The van der Waals surface area contributed by atoms with Gasteiger partial charge in [-0.25, -0.2) is 19.9 Å². The molecular formula is C17H19ClN6O. The highest BCUT2D eigenvalue weighted by Crippen LogP contribution is 2.40. The number of nitrogens with zero attached hydrogens (tertiary/aromatic N) is 6. The molecule has 0 aromatic carbocycles. The Morgan fingerprint density at radius 1 is 1.16 bits per heavy atom. The lowest BCUT2D eigenvalue weighted by Gasteiger charge is -2.36. The fourth-order valence-electron chi connectivity index (χ4n) is 3.67. The van der Waals surface area contributed by atoms with Gasteiger partial charge in [-0.2, -0.15) is 0 Å². The van der Waals surface area contributed by atoms with E-state index in [2.05, 4.69) is 36.9 Å². The van der Waals surface area contributed by atoms with Gasteiger partial charge >= 0.3 is 6.01 Å². The van der Waals surface area contributed by atoms with Gasteiger partial charge in [-0.15, -0.1) is 0 Å². The number of anilines is 1. The Morgan fingerprint density at radius 2 is 1.88 bits per heavy atom. The van der Waals surface area contributed by atoms with E-state index in [1.165, 1.54) is 0 Å². The molecule has 8 heteroatoms. The van der Waals surface area contributed by atoms with E-state index in [4.69, 9.17) is 16.4 Å². The molecular weight excluding hydrogens is 340 g/mol. The van der Waals surface area contributed by atoms with Crippen LogP contribution >= 0.6 is 11.6 Å². The van der Waals surface area contributed by atoms with Gasteiger partial charge in [0.05, 0.1) is 11.4 Å². The maximum absolute atomic E-state index is 6.54. The summed E-state index contributed by atoms with van der Waals surface area (Å²) in [7, 11) is 0. The predicted octanol–water partition coefficient (Wildman–Crippen LogP) is 3.05. The first-order chi connectivity index (χ1) is 12.3. The number of hydrogen-bond donors (Lipinski definition) is 0. The van der Waals surface area contributed by atoms with Crippen molar-refractivity contribution in [2.45, 2.75) is 51.1 Å². The Bertz CT molecular complexity index is 768. The first kappa shape index (κ1) is 16.2. The zero-order valence-corrected chi connectivity index (χ0v) is 14.7. The van der Waals surface area contributed by atoms with E-state index >= 15 is 0 Å². The monoisotopic (exact) mass is 358 g/mol. The zero-order chi connectivity index (χ0) is 17.2. The number of fused-ring (bicyclic) bond motifs is 2. The van der Waals surface area contributed by atoms with Gasteiger partial charge < -0.3 is 9.74 Å².